The van der Waals surface area contributed by atoms with Crippen molar-refractivity contribution < 1.29 is 13.9 Å². The van der Waals surface area contributed by atoms with E-state index in [1.54, 1.807) is 20.4 Å². The molecule has 1 aromatic carbocycles. The van der Waals surface area contributed by atoms with Gasteiger partial charge in [-0.2, -0.15) is 0 Å². The maximum Gasteiger partial charge on any atom is 0.196 e. The maximum atomic E-state index is 5.67. The summed E-state index contributed by atoms with van der Waals surface area (Å²) in [6.07, 6.45) is 2.31. The first-order valence-electron chi connectivity index (χ1n) is 6.08. The molecule has 1 heterocycles. The minimum atomic E-state index is 0.513. The Morgan fingerprint density at radius 2 is 2.05 bits per heavy atom. The van der Waals surface area contributed by atoms with Crippen LogP contribution in [0.5, 0.6) is 11.5 Å². The fourth-order valence-corrected chi connectivity index (χ4v) is 2.03. The highest BCUT2D eigenvalue weighted by Gasteiger charge is 2.16. The van der Waals surface area contributed by atoms with E-state index in [0.29, 0.717) is 24.6 Å². The lowest BCUT2D eigenvalue weighted by molar-refractivity contribution is 0.388. The van der Waals surface area contributed by atoms with Crippen molar-refractivity contribution in [2.45, 2.75) is 13.3 Å². The molecule has 2 rings (SSSR count). The molecule has 2 aromatic rings. The van der Waals surface area contributed by atoms with Gasteiger partial charge in [-0.3, -0.25) is 0 Å². The number of nitrogens with two attached hydrogens (primary N) is 1. The van der Waals surface area contributed by atoms with Crippen LogP contribution in [0.2, 0.25) is 0 Å². The molecule has 102 valence electrons. The van der Waals surface area contributed by atoms with Crippen LogP contribution in [0.4, 0.5) is 0 Å². The van der Waals surface area contributed by atoms with Gasteiger partial charge in [-0.1, -0.05) is 0 Å². The molecule has 0 aliphatic rings. The fourth-order valence-electron chi connectivity index (χ4n) is 2.03. The van der Waals surface area contributed by atoms with Gasteiger partial charge in [-0.25, -0.2) is 4.98 Å². The van der Waals surface area contributed by atoms with E-state index < -0.39 is 0 Å². The van der Waals surface area contributed by atoms with Gasteiger partial charge >= 0.3 is 0 Å². The van der Waals surface area contributed by atoms with Crippen molar-refractivity contribution in [2.75, 3.05) is 20.8 Å². The summed E-state index contributed by atoms with van der Waals surface area (Å²) < 4.78 is 16.4. The molecule has 5 nitrogen and oxygen atoms in total. The second-order valence-corrected chi connectivity index (χ2v) is 4.13. The van der Waals surface area contributed by atoms with Crippen LogP contribution in [0.1, 0.15) is 11.5 Å². The summed E-state index contributed by atoms with van der Waals surface area (Å²) in [6.45, 7) is 2.46. The molecule has 19 heavy (non-hydrogen) atoms. The van der Waals surface area contributed by atoms with Gasteiger partial charge in [0.2, 0.25) is 0 Å². The number of hydrogen-bond acceptors (Lipinski definition) is 5. The lowest BCUT2D eigenvalue weighted by atomic mass is 10.1. The number of ether oxygens (including phenoxy) is 2. The first kappa shape index (κ1) is 13.4. The van der Waals surface area contributed by atoms with E-state index in [2.05, 4.69) is 4.98 Å². The Kier molecular flexibility index (Phi) is 4.06. The summed E-state index contributed by atoms with van der Waals surface area (Å²) in [6, 6.07) is 3.79. The fraction of sp³-hybridized carbons (Fsp3) is 0.357. The summed E-state index contributed by atoms with van der Waals surface area (Å²) in [5, 5.41) is 0. The minimum absolute atomic E-state index is 0.513. The number of rotatable bonds is 5. The molecule has 0 fully saturated rings. The topological polar surface area (TPSA) is 70.5 Å². The number of oxazole rings is 1. The van der Waals surface area contributed by atoms with Crippen LogP contribution in [0.15, 0.2) is 22.7 Å². The first-order chi connectivity index (χ1) is 9.21. The number of nitrogens with zero attached hydrogens (tertiary/aromatic N) is 1. The molecule has 0 atom stereocenters. The van der Waals surface area contributed by atoms with Gasteiger partial charge in [0, 0.05) is 18.5 Å². The smallest absolute Gasteiger partial charge is 0.196 e. The van der Waals surface area contributed by atoms with Crippen molar-refractivity contribution >= 4 is 0 Å². The van der Waals surface area contributed by atoms with E-state index in [1.807, 2.05) is 19.1 Å². The van der Waals surface area contributed by atoms with E-state index in [-0.39, 0.29) is 0 Å². The largest absolute Gasteiger partial charge is 0.496 e. The molecule has 0 aliphatic heterocycles. The zero-order valence-electron chi connectivity index (χ0n) is 11.4. The molecule has 0 amide bonds. The third kappa shape index (κ3) is 2.56. The van der Waals surface area contributed by atoms with E-state index in [1.165, 1.54) is 0 Å². The third-order valence-electron chi connectivity index (χ3n) is 2.96. The lowest BCUT2D eigenvalue weighted by Crippen LogP contribution is -2.02. The van der Waals surface area contributed by atoms with Gasteiger partial charge < -0.3 is 19.6 Å². The predicted molar refractivity (Wildman–Crippen MR) is 72.5 cm³/mol. The van der Waals surface area contributed by atoms with E-state index in [9.17, 15) is 0 Å². The molecule has 5 heteroatoms. The van der Waals surface area contributed by atoms with Crippen LogP contribution in [0, 0.1) is 6.92 Å². The van der Waals surface area contributed by atoms with Crippen LogP contribution < -0.4 is 15.2 Å². The van der Waals surface area contributed by atoms with Crippen molar-refractivity contribution in [1.82, 2.24) is 4.98 Å². The lowest BCUT2D eigenvalue weighted by Gasteiger charge is -2.12. The zero-order valence-corrected chi connectivity index (χ0v) is 11.4. The molecule has 0 unspecified atom stereocenters. The highest BCUT2D eigenvalue weighted by atomic mass is 16.5. The Hall–Kier alpha value is -2.01. The van der Waals surface area contributed by atoms with Crippen molar-refractivity contribution in [1.29, 1.82) is 0 Å². The van der Waals surface area contributed by atoms with Crippen molar-refractivity contribution in [3.8, 4) is 22.8 Å². The predicted octanol–water partition coefficient (Wildman–Crippen LogP) is 2.17. The molecule has 0 saturated carbocycles. The molecule has 0 aliphatic carbocycles. The molecule has 0 saturated heterocycles. The van der Waals surface area contributed by atoms with E-state index >= 15 is 0 Å². The van der Waals surface area contributed by atoms with Crippen molar-refractivity contribution in [2.24, 2.45) is 5.73 Å². The molecule has 1 aromatic heterocycles. The van der Waals surface area contributed by atoms with Gasteiger partial charge in [-0.15, -0.1) is 0 Å². The van der Waals surface area contributed by atoms with Crippen LogP contribution in [-0.2, 0) is 6.42 Å². The molecular formula is C14H18N2O3. The molecule has 2 N–H and O–H groups in total. The van der Waals surface area contributed by atoms with E-state index in [4.69, 9.17) is 19.6 Å². The molecule has 0 radical (unpaired) electrons. The highest BCUT2D eigenvalue weighted by Crippen LogP contribution is 2.37. The second kappa shape index (κ2) is 5.75. The molecule has 0 spiro atoms. The Balaban J connectivity index is 2.46. The maximum absolute atomic E-state index is 5.67. The zero-order chi connectivity index (χ0) is 13.8. The molecule has 0 bridgehead atoms. The number of methoxy groups -OCH3 is 2. The normalized spacial score (nSPS) is 10.5. The summed E-state index contributed by atoms with van der Waals surface area (Å²) in [5.74, 6) is 2.82. The van der Waals surface area contributed by atoms with Gasteiger partial charge in [0.25, 0.3) is 0 Å². The van der Waals surface area contributed by atoms with Crippen LogP contribution in [0.25, 0.3) is 11.3 Å². The van der Waals surface area contributed by atoms with Gasteiger partial charge in [0.05, 0.1) is 26.0 Å². The summed E-state index contributed by atoms with van der Waals surface area (Å²) in [4.78, 5) is 4.20. The van der Waals surface area contributed by atoms with E-state index in [0.717, 1.165) is 22.6 Å². The quantitative estimate of drug-likeness (QED) is 0.894. The van der Waals surface area contributed by atoms with Crippen molar-refractivity contribution in [3.63, 3.8) is 0 Å². The SMILES string of the molecule is COc1ccc(-c2cnc(CCN)o2)c(OC)c1C. The second-order valence-electron chi connectivity index (χ2n) is 4.13. The van der Waals surface area contributed by atoms with Gasteiger partial charge in [-0.05, 0) is 19.1 Å². The number of benzene rings is 1. The number of hydrogen-bond donors (Lipinski definition) is 1. The van der Waals surface area contributed by atoms with Crippen LogP contribution in [-0.4, -0.2) is 25.7 Å². The Labute approximate surface area is 112 Å². The monoisotopic (exact) mass is 262 g/mol. The third-order valence-corrected chi connectivity index (χ3v) is 2.96. The van der Waals surface area contributed by atoms with Gasteiger partial charge in [0.15, 0.2) is 11.7 Å². The summed E-state index contributed by atoms with van der Waals surface area (Å²) in [5.41, 5.74) is 7.27. The van der Waals surface area contributed by atoms with Crippen LogP contribution in [0.3, 0.4) is 0 Å². The average Bonchev–Trinajstić information content (AvgIpc) is 2.87. The standard InChI is InChI=1S/C14H18N2O3/c1-9-11(17-2)5-4-10(14(9)18-3)12-8-16-13(19-12)6-7-15/h4-5,8H,6-7,15H2,1-3H3. The van der Waals surface area contributed by atoms with Crippen LogP contribution >= 0.6 is 0 Å². The summed E-state index contributed by atoms with van der Waals surface area (Å²) in [7, 11) is 3.26. The Bertz CT molecular complexity index is 564. The average molecular weight is 262 g/mol. The molecular weight excluding hydrogens is 244 g/mol. The summed E-state index contributed by atoms with van der Waals surface area (Å²) >= 11 is 0. The number of aromatic nitrogens is 1. The minimum Gasteiger partial charge on any atom is -0.496 e. The first-order valence-corrected chi connectivity index (χ1v) is 6.08. The highest BCUT2D eigenvalue weighted by molar-refractivity contribution is 5.69. The Morgan fingerprint density at radius 1 is 1.26 bits per heavy atom. The van der Waals surface area contributed by atoms with Gasteiger partial charge in [0.1, 0.15) is 11.5 Å². The Morgan fingerprint density at radius 3 is 2.68 bits per heavy atom. The van der Waals surface area contributed by atoms with Crippen molar-refractivity contribution in [3.05, 3.63) is 29.8 Å².